The number of nitrogens with zero attached hydrogens (tertiary/aromatic N) is 2. The van der Waals surface area contributed by atoms with Gasteiger partial charge in [0.25, 0.3) is 0 Å². The summed E-state index contributed by atoms with van der Waals surface area (Å²) in [5.74, 6) is 0. The number of aliphatic hydroxyl groups is 2. The molecule has 132 valence electrons. The van der Waals surface area contributed by atoms with E-state index in [9.17, 15) is 15.0 Å². The average molecular weight is 340 g/mol. The highest BCUT2D eigenvalue weighted by atomic mass is 16.3. The molecule has 0 bridgehead atoms. The van der Waals surface area contributed by atoms with E-state index in [0.717, 1.165) is 16.6 Å². The van der Waals surface area contributed by atoms with Gasteiger partial charge in [0.2, 0.25) is 0 Å². The second-order valence-electron chi connectivity index (χ2n) is 7.25. The molecule has 0 unspecified atom stereocenters. The molecule has 25 heavy (non-hydrogen) atoms. The van der Waals surface area contributed by atoms with E-state index in [0.29, 0.717) is 0 Å². The molecular weight excluding hydrogens is 316 g/mol. The van der Waals surface area contributed by atoms with E-state index in [2.05, 4.69) is 0 Å². The monoisotopic (exact) mass is 340 g/mol. The molecule has 0 aliphatic rings. The Morgan fingerprint density at radius 2 is 1.52 bits per heavy atom. The molecule has 1 aromatic heterocycles. The topological polar surface area (TPSA) is 67.4 Å². The minimum absolute atomic E-state index is 0.199. The summed E-state index contributed by atoms with van der Waals surface area (Å²) in [6.45, 7) is 5.50. The van der Waals surface area contributed by atoms with Crippen LogP contribution in [-0.2, 0) is 5.54 Å². The van der Waals surface area contributed by atoms with Gasteiger partial charge in [-0.25, -0.2) is 4.79 Å². The molecular formula is C20H24N2O3. The Morgan fingerprint density at radius 3 is 2.08 bits per heavy atom. The Kier molecular flexibility index (Phi) is 4.54. The van der Waals surface area contributed by atoms with Crippen LogP contribution >= 0.6 is 0 Å². The van der Waals surface area contributed by atoms with Crippen LogP contribution in [0.4, 0.5) is 0 Å². The zero-order chi connectivity index (χ0) is 18.2. The van der Waals surface area contributed by atoms with E-state index in [4.69, 9.17) is 0 Å². The molecule has 3 rings (SSSR count). The van der Waals surface area contributed by atoms with Crippen molar-refractivity contribution in [1.82, 2.24) is 9.13 Å². The van der Waals surface area contributed by atoms with Gasteiger partial charge in [-0.1, -0.05) is 42.5 Å². The zero-order valence-corrected chi connectivity index (χ0v) is 14.8. The summed E-state index contributed by atoms with van der Waals surface area (Å²) < 4.78 is 3.33. The van der Waals surface area contributed by atoms with Crippen LogP contribution in [0, 0.1) is 0 Å². The Balaban J connectivity index is 2.37. The Bertz CT molecular complexity index is 920. The van der Waals surface area contributed by atoms with Crippen molar-refractivity contribution in [2.75, 3.05) is 6.61 Å². The first-order valence-electron chi connectivity index (χ1n) is 8.42. The Hall–Kier alpha value is -2.37. The number of hydrogen-bond donors (Lipinski definition) is 2. The van der Waals surface area contributed by atoms with Crippen molar-refractivity contribution in [3.8, 4) is 0 Å². The summed E-state index contributed by atoms with van der Waals surface area (Å²) in [4.78, 5) is 13.3. The van der Waals surface area contributed by atoms with Crippen molar-refractivity contribution < 1.29 is 10.2 Å². The molecule has 0 amide bonds. The summed E-state index contributed by atoms with van der Waals surface area (Å²) >= 11 is 0. The number of benzene rings is 2. The van der Waals surface area contributed by atoms with E-state index < -0.39 is 24.3 Å². The number of aliphatic hydroxyl groups excluding tert-OH is 2. The molecule has 0 saturated carbocycles. The average Bonchev–Trinajstić information content (AvgIpc) is 2.88. The third-order valence-electron chi connectivity index (χ3n) is 4.42. The number of aromatic nitrogens is 2. The van der Waals surface area contributed by atoms with Crippen molar-refractivity contribution in [2.24, 2.45) is 0 Å². The van der Waals surface area contributed by atoms with Crippen molar-refractivity contribution >= 4 is 11.0 Å². The lowest BCUT2D eigenvalue weighted by atomic mass is 10.0. The molecule has 2 N–H and O–H groups in total. The fraction of sp³-hybridized carbons (Fsp3) is 0.350. The molecule has 2 atom stereocenters. The van der Waals surface area contributed by atoms with Gasteiger partial charge in [-0.3, -0.25) is 9.13 Å². The standard InChI is InChI=1S/C20H24N2O3/c1-20(2,3)22-16-12-8-7-11-15(16)21(19(22)25)18(17(24)13-23)14-9-5-4-6-10-14/h4-12,17-18,23-24H,13H2,1-3H3/t17-,18+/m1/s1. The lowest BCUT2D eigenvalue weighted by Crippen LogP contribution is -2.39. The SMILES string of the molecule is CC(C)(C)n1c(=O)n([C@@H](c2ccccc2)[C@H](O)CO)c2ccccc21. The van der Waals surface area contributed by atoms with Crippen molar-refractivity contribution in [3.05, 3.63) is 70.6 Å². The third kappa shape index (κ3) is 3.01. The predicted octanol–water partition coefficient (Wildman–Crippen LogP) is 2.50. The lowest BCUT2D eigenvalue weighted by molar-refractivity contribution is 0.0638. The van der Waals surface area contributed by atoms with E-state index in [-0.39, 0.29) is 5.69 Å². The first kappa shape index (κ1) is 17.5. The van der Waals surface area contributed by atoms with Gasteiger partial charge < -0.3 is 10.2 Å². The smallest absolute Gasteiger partial charge is 0.330 e. The van der Waals surface area contributed by atoms with E-state index in [1.165, 1.54) is 0 Å². The van der Waals surface area contributed by atoms with E-state index in [1.54, 1.807) is 9.13 Å². The Morgan fingerprint density at radius 1 is 0.960 bits per heavy atom. The third-order valence-corrected chi connectivity index (χ3v) is 4.42. The molecule has 5 heteroatoms. The molecule has 1 heterocycles. The first-order valence-corrected chi connectivity index (χ1v) is 8.42. The van der Waals surface area contributed by atoms with Crippen LogP contribution in [0.3, 0.4) is 0 Å². The van der Waals surface area contributed by atoms with Gasteiger partial charge >= 0.3 is 5.69 Å². The van der Waals surface area contributed by atoms with Crippen molar-refractivity contribution in [3.63, 3.8) is 0 Å². The van der Waals surface area contributed by atoms with Crippen LogP contribution in [0.15, 0.2) is 59.4 Å². The van der Waals surface area contributed by atoms with Gasteiger partial charge in [0.05, 0.1) is 23.7 Å². The maximum absolute atomic E-state index is 13.3. The van der Waals surface area contributed by atoms with Gasteiger partial charge in [-0.05, 0) is 38.5 Å². The highest BCUT2D eigenvalue weighted by molar-refractivity contribution is 5.76. The van der Waals surface area contributed by atoms with Crippen LogP contribution in [0.2, 0.25) is 0 Å². The number of fused-ring (bicyclic) bond motifs is 1. The van der Waals surface area contributed by atoms with E-state index in [1.807, 2.05) is 75.4 Å². The summed E-state index contributed by atoms with van der Waals surface area (Å²) in [5, 5.41) is 20.1. The first-order chi connectivity index (χ1) is 11.9. The van der Waals surface area contributed by atoms with Crippen molar-refractivity contribution in [1.29, 1.82) is 0 Å². The fourth-order valence-electron chi connectivity index (χ4n) is 3.38. The lowest BCUT2D eigenvalue weighted by Gasteiger charge is -2.24. The van der Waals surface area contributed by atoms with Crippen LogP contribution < -0.4 is 5.69 Å². The summed E-state index contributed by atoms with van der Waals surface area (Å²) in [6, 6.07) is 16.2. The predicted molar refractivity (Wildman–Crippen MR) is 98.9 cm³/mol. The highest BCUT2D eigenvalue weighted by Crippen LogP contribution is 2.28. The summed E-state index contributed by atoms with van der Waals surface area (Å²) in [6.07, 6.45) is -1.08. The Labute approximate surface area is 146 Å². The van der Waals surface area contributed by atoms with Crippen molar-refractivity contribution in [2.45, 2.75) is 38.5 Å². The van der Waals surface area contributed by atoms with E-state index >= 15 is 0 Å². The molecule has 0 radical (unpaired) electrons. The molecule has 2 aromatic carbocycles. The fourth-order valence-corrected chi connectivity index (χ4v) is 3.38. The normalized spacial score (nSPS) is 14.6. The summed E-state index contributed by atoms with van der Waals surface area (Å²) in [7, 11) is 0. The number of para-hydroxylation sites is 2. The van der Waals surface area contributed by atoms with Gasteiger partial charge in [0.1, 0.15) is 6.10 Å². The second-order valence-corrected chi connectivity index (χ2v) is 7.25. The molecule has 0 aliphatic heterocycles. The van der Waals surface area contributed by atoms with Crippen LogP contribution in [0.5, 0.6) is 0 Å². The quantitative estimate of drug-likeness (QED) is 0.767. The molecule has 0 spiro atoms. The van der Waals surface area contributed by atoms with Gasteiger partial charge in [0.15, 0.2) is 0 Å². The van der Waals surface area contributed by atoms with Crippen LogP contribution in [0.1, 0.15) is 32.4 Å². The van der Waals surface area contributed by atoms with Gasteiger partial charge in [-0.15, -0.1) is 0 Å². The number of imidazole rings is 1. The van der Waals surface area contributed by atoms with Crippen LogP contribution in [0.25, 0.3) is 11.0 Å². The molecule has 0 saturated heterocycles. The molecule has 3 aromatic rings. The summed E-state index contributed by atoms with van der Waals surface area (Å²) in [5.41, 5.74) is 1.72. The molecule has 5 nitrogen and oxygen atoms in total. The number of rotatable bonds is 4. The highest BCUT2D eigenvalue weighted by Gasteiger charge is 2.30. The maximum atomic E-state index is 13.3. The van der Waals surface area contributed by atoms with Crippen LogP contribution in [-0.4, -0.2) is 32.1 Å². The van der Waals surface area contributed by atoms with Gasteiger partial charge in [0, 0.05) is 5.54 Å². The van der Waals surface area contributed by atoms with Gasteiger partial charge in [-0.2, -0.15) is 0 Å². The minimum Gasteiger partial charge on any atom is -0.394 e. The maximum Gasteiger partial charge on any atom is 0.330 e. The largest absolute Gasteiger partial charge is 0.394 e. The second kappa shape index (κ2) is 6.50. The zero-order valence-electron chi connectivity index (χ0n) is 14.8. The minimum atomic E-state index is -1.08. The molecule has 0 fully saturated rings. The number of hydrogen-bond acceptors (Lipinski definition) is 3. The molecule has 0 aliphatic carbocycles.